The van der Waals surface area contributed by atoms with E-state index in [4.69, 9.17) is 4.74 Å². The average Bonchev–Trinajstić information content (AvgIpc) is 2.63. The summed E-state index contributed by atoms with van der Waals surface area (Å²) in [5.41, 5.74) is 4.78. The van der Waals surface area contributed by atoms with Crippen LogP contribution < -0.4 is 10.2 Å². The Morgan fingerprint density at radius 2 is 1.96 bits per heavy atom. The standard InChI is InChI=1S/C20H19FN2O3/c1-13-11-15(21)5-8-18(13)19-12-16(24)9-10-23(19)22-20(25)14-3-6-17(26-2)7-4-14/h3-11,19H,12H2,1-2H3,(H,22,25)/t19-/m1/s1. The number of methoxy groups -OCH3 is 1. The molecule has 6 heteroatoms. The molecule has 0 radical (unpaired) electrons. The first-order valence-corrected chi connectivity index (χ1v) is 8.18. The van der Waals surface area contributed by atoms with Gasteiger partial charge in [-0.25, -0.2) is 4.39 Å². The van der Waals surface area contributed by atoms with Crippen LogP contribution in [0.4, 0.5) is 4.39 Å². The molecule has 0 spiro atoms. The Morgan fingerprint density at radius 3 is 2.62 bits per heavy atom. The molecule has 0 aromatic heterocycles. The highest BCUT2D eigenvalue weighted by Gasteiger charge is 2.27. The van der Waals surface area contributed by atoms with Gasteiger partial charge < -0.3 is 4.74 Å². The van der Waals surface area contributed by atoms with Gasteiger partial charge in [-0.2, -0.15) is 0 Å². The van der Waals surface area contributed by atoms with Crippen molar-refractivity contribution >= 4 is 11.7 Å². The van der Waals surface area contributed by atoms with Crippen LogP contribution in [0.5, 0.6) is 5.75 Å². The second-order valence-corrected chi connectivity index (χ2v) is 6.08. The third-order valence-electron chi connectivity index (χ3n) is 4.33. The largest absolute Gasteiger partial charge is 0.497 e. The molecule has 2 aromatic carbocycles. The zero-order chi connectivity index (χ0) is 18.7. The predicted molar refractivity (Wildman–Crippen MR) is 94.9 cm³/mol. The molecule has 0 bridgehead atoms. The molecule has 1 amide bonds. The number of benzene rings is 2. The fourth-order valence-electron chi connectivity index (χ4n) is 2.94. The monoisotopic (exact) mass is 354 g/mol. The van der Waals surface area contributed by atoms with E-state index in [1.54, 1.807) is 55.6 Å². The van der Waals surface area contributed by atoms with Gasteiger partial charge in [-0.05, 0) is 60.5 Å². The first kappa shape index (κ1) is 17.7. The summed E-state index contributed by atoms with van der Waals surface area (Å²) in [6.45, 7) is 1.78. The van der Waals surface area contributed by atoms with Crippen molar-refractivity contribution in [1.29, 1.82) is 0 Å². The Hall–Kier alpha value is -3.15. The maximum absolute atomic E-state index is 13.4. The summed E-state index contributed by atoms with van der Waals surface area (Å²) in [7, 11) is 1.56. The lowest BCUT2D eigenvalue weighted by molar-refractivity contribution is -0.116. The molecular formula is C20H19FN2O3. The van der Waals surface area contributed by atoms with Crippen LogP contribution in [-0.2, 0) is 4.79 Å². The summed E-state index contributed by atoms with van der Waals surface area (Å²) < 4.78 is 18.5. The molecular weight excluding hydrogens is 335 g/mol. The average molecular weight is 354 g/mol. The second kappa shape index (κ2) is 7.39. The van der Waals surface area contributed by atoms with Gasteiger partial charge in [-0.3, -0.25) is 20.0 Å². The summed E-state index contributed by atoms with van der Waals surface area (Å²) in [5, 5.41) is 1.59. The summed E-state index contributed by atoms with van der Waals surface area (Å²) in [4.78, 5) is 24.4. The Bertz CT molecular complexity index is 862. The molecule has 0 unspecified atom stereocenters. The van der Waals surface area contributed by atoms with E-state index >= 15 is 0 Å². The third-order valence-corrected chi connectivity index (χ3v) is 4.33. The number of halogens is 1. The molecule has 3 rings (SSSR count). The first-order chi connectivity index (χ1) is 12.5. The number of aryl methyl sites for hydroxylation is 1. The number of rotatable bonds is 4. The number of nitrogens with one attached hydrogen (secondary N) is 1. The summed E-state index contributed by atoms with van der Waals surface area (Å²) in [6, 6.07) is 10.7. The minimum atomic E-state index is -0.393. The van der Waals surface area contributed by atoms with Gasteiger partial charge in [-0.15, -0.1) is 0 Å². The topological polar surface area (TPSA) is 58.6 Å². The van der Waals surface area contributed by atoms with Crippen LogP contribution in [0.1, 0.15) is 33.9 Å². The molecule has 1 aliphatic heterocycles. The maximum atomic E-state index is 13.4. The smallest absolute Gasteiger partial charge is 0.269 e. The molecule has 0 saturated heterocycles. The van der Waals surface area contributed by atoms with Crippen molar-refractivity contribution in [2.24, 2.45) is 0 Å². The highest BCUT2D eigenvalue weighted by Crippen LogP contribution is 2.29. The minimum Gasteiger partial charge on any atom is -0.497 e. The van der Waals surface area contributed by atoms with Crippen LogP contribution in [-0.4, -0.2) is 23.8 Å². The van der Waals surface area contributed by atoms with Crippen molar-refractivity contribution in [2.45, 2.75) is 19.4 Å². The van der Waals surface area contributed by atoms with E-state index in [0.717, 1.165) is 11.1 Å². The number of carbonyl (C=O) groups is 2. The van der Waals surface area contributed by atoms with E-state index < -0.39 is 6.04 Å². The Balaban J connectivity index is 1.84. The van der Waals surface area contributed by atoms with Gasteiger partial charge in [0.15, 0.2) is 5.78 Å². The lowest BCUT2D eigenvalue weighted by atomic mass is 9.95. The van der Waals surface area contributed by atoms with Crippen molar-refractivity contribution < 1.29 is 18.7 Å². The molecule has 0 aliphatic carbocycles. The summed E-state index contributed by atoms with van der Waals surface area (Å²) in [5.74, 6) is -0.0346. The Kier molecular flexibility index (Phi) is 5.02. The van der Waals surface area contributed by atoms with Gasteiger partial charge in [0.05, 0.1) is 13.2 Å². The Labute approximate surface area is 151 Å². The van der Waals surface area contributed by atoms with Crippen LogP contribution in [0.3, 0.4) is 0 Å². The highest BCUT2D eigenvalue weighted by molar-refractivity contribution is 5.95. The number of carbonyl (C=O) groups excluding carboxylic acids is 2. The van der Waals surface area contributed by atoms with Crippen LogP contribution in [0.25, 0.3) is 0 Å². The van der Waals surface area contributed by atoms with Gasteiger partial charge in [0.1, 0.15) is 11.6 Å². The quantitative estimate of drug-likeness (QED) is 0.915. The molecule has 26 heavy (non-hydrogen) atoms. The second-order valence-electron chi connectivity index (χ2n) is 6.08. The number of ether oxygens (including phenoxy) is 1. The zero-order valence-electron chi connectivity index (χ0n) is 14.5. The number of ketones is 1. The molecule has 1 aliphatic rings. The van der Waals surface area contributed by atoms with E-state index in [1.165, 1.54) is 18.2 Å². The number of allylic oxidation sites excluding steroid dienone is 1. The number of hydrazine groups is 1. The molecule has 1 heterocycles. The van der Waals surface area contributed by atoms with E-state index in [9.17, 15) is 14.0 Å². The van der Waals surface area contributed by atoms with Crippen molar-refractivity contribution in [3.05, 3.63) is 77.2 Å². The first-order valence-electron chi connectivity index (χ1n) is 8.18. The molecule has 2 aromatic rings. The molecule has 1 atom stereocenters. The minimum absolute atomic E-state index is 0.0475. The molecule has 5 nitrogen and oxygen atoms in total. The number of hydrogen-bond donors (Lipinski definition) is 1. The van der Waals surface area contributed by atoms with Crippen LogP contribution in [0.2, 0.25) is 0 Å². The normalized spacial score (nSPS) is 16.5. The number of nitrogens with zero attached hydrogens (tertiary/aromatic N) is 1. The fourth-order valence-corrected chi connectivity index (χ4v) is 2.94. The predicted octanol–water partition coefficient (Wildman–Crippen LogP) is 3.32. The lowest BCUT2D eigenvalue weighted by Gasteiger charge is -2.33. The maximum Gasteiger partial charge on any atom is 0.269 e. The van der Waals surface area contributed by atoms with Gasteiger partial charge in [0, 0.05) is 18.2 Å². The van der Waals surface area contributed by atoms with E-state index in [1.807, 2.05) is 0 Å². The van der Waals surface area contributed by atoms with Gasteiger partial charge in [-0.1, -0.05) is 6.07 Å². The lowest BCUT2D eigenvalue weighted by Crippen LogP contribution is -2.43. The highest BCUT2D eigenvalue weighted by atomic mass is 19.1. The zero-order valence-corrected chi connectivity index (χ0v) is 14.5. The van der Waals surface area contributed by atoms with E-state index in [-0.39, 0.29) is 23.9 Å². The summed E-state index contributed by atoms with van der Waals surface area (Å²) >= 11 is 0. The van der Waals surface area contributed by atoms with E-state index in [0.29, 0.717) is 11.3 Å². The summed E-state index contributed by atoms with van der Waals surface area (Å²) in [6.07, 6.45) is 3.16. The van der Waals surface area contributed by atoms with Crippen molar-refractivity contribution in [1.82, 2.24) is 10.4 Å². The molecule has 134 valence electrons. The number of hydrogen-bond acceptors (Lipinski definition) is 4. The van der Waals surface area contributed by atoms with Gasteiger partial charge >= 0.3 is 0 Å². The van der Waals surface area contributed by atoms with Crippen LogP contribution in [0.15, 0.2) is 54.7 Å². The van der Waals surface area contributed by atoms with Crippen LogP contribution >= 0.6 is 0 Å². The van der Waals surface area contributed by atoms with Crippen LogP contribution in [0, 0.1) is 12.7 Å². The van der Waals surface area contributed by atoms with E-state index in [2.05, 4.69) is 5.43 Å². The molecule has 1 N–H and O–H groups in total. The SMILES string of the molecule is COc1ccc(C(=O)NN2C=CC(=O)C[C@@H]2c2ccc(F)cc2C)cc1. The molecule has 0 fully saturated rings. The van der Waals surface area contributed by atoms with Crippen molar-refractivity contribution in [3.63, 3.8) is 0 Å². The fraction of sp³-hybridized carbons (Fsp3) is 0.200. The third kappa shape index (κ3) is 3.74. The molecule has 0 saturated carbocycles. The van der Waals surface area contributed by atoms with Gasteiger partial charge in [0.2, 0.25) is 0 Å². The van der Waals surface area contributed by atoms with Gasteiger partial charge in [0.25, 0.3) is 5.91 Å². The van der Waals surface area contributed by atoms with Crippen molar-refractivity contribution in [2.75, 3.05) is 7.11 Å². The Morgan fingerprint density at radius 1 is 1.23 bits per heavy atom. The number of amides is 1. The van der Waals surface area contributed by atoms with Crippen molar-refractivity contribution in [3.8, 4) is 5.75 Å².